The van der Waals surface area contributed by atoms with Crippen LogP contribution in [0.25, 0.3) is 0 Å². The van der Waals surface area contributed by atoms with Crippen molar-refractivity contribution in [1.82, 2.24) is 0 Å². The van der Waals surface area contributed by atoms with Crippen LogP contribution in [0.1, 0.15) is 17.3 Å². The van der Waals surface area contributed by atoms with Gasteiger partial charge < -0.3 is 10.5 Å². The first-order valence-corrected chi connectivity index (χ1v) is 8.02. The lowest BCUT2D eigenvalue weighted by Crippen LogP contribution is -2.22. The largest absolute Gasteiger partial charge is 0.495 e. The predicted octanol–water partition coefficient (Wildman–Crippen LogP) is 1.41. The van der Waals surface area contributed by atoms with E-state index in [9.17, 15) is 13.2 Å². The summed E-state index contributed by atoms with van der Waals surface area (Å²) in [6, 6.07) is 4.27. The van der Waals surface area contributed by atoms with E-state index in [4.69, 9.17) is 22.1 Å². The van der Waals surface area contributed by atoms with Crippen molar-refractivity contribution >= 4 is 33.2 Å². The van der Waals surface area contributed by atoms with Crippen LogP contribution >= 0.6 is 11.6 Å². The summed E-state index contributed by atoms with van der Waals surface area (Å²) in [5, 5.41) is 0. The molecule has 0 radical (unpaired) electrons. The molecular formula is C12H17ClN2O4S. The number of nitrogens with two attached hydrogens (primary N) is 1. The van der Waals surface area contributed by atoms with Gasteiger partial charge in [-0.25, -0.2) is 8.42 Å². The highest BCUT2D eigenvalue weighted by molar-refractivity contribution is 7.92. The van der Waals surface area contributed by atoms with Gasteiger partial charge in [0.05, 0.1) is 18.6 Å². The molecule has 1 amide bonds. The first-order valence-electron chi connectivity index (χ1n) is 5.83. The number of alkyl halides is 1. The molecule has 1 atom stereocenters. The third-order valence-electron chi connectivity index (χ3n) is 2.52. The van der Waals surface area contributed by atoms with Gasteiger partial charge in [-0.3, -0.25) is 9.52 Å². The molecule has 0 spiro atoms. The third-order valence-corrected chi connectivity index (χ3v) is 4.58. The van der Waals surface area contributed by atoms with Crippen molar-refractivity contribution in [1.29, 1.82) is 0 Å². The molecule has 0 fully saturated rings. The predicted molar refractivity (Wildman–Crippen MR) is 78.8 cm³/mol. The number of hydrogen-bond donors (Lipinski definition) is 2. The molecule has 1 rings (SSSR count). The second-order valence-corrected chi connectivity index (χ2v) is 6.50. The van der Waals surface area contributed by atoms with Crippen LogP contribution in [0.15, 0.2) is 18.2 Å². The fourth-order valence-corrected chi connectivity index (χ4v) is 3.25. The van der Waals surface area contributed by atoms with Crippen molar-refractivity contribution in [2.75, 3.05) is 23.5 Å². The number of anilines is 1. The maximum atomic E-state index is 12.0. The summed E-state index contributed by atoms with van der Waals surface area (Å²) >= 11 is 5.61. The number of halogens is 1. The molecule has 20 heavy (non-hydrogen) atoms. The molecule has 1 aromatic rings. The number of benzene rings is 1. The molecule has 3 N–H and O–H groups in total. The average molecular weight is 321 g/mol. The number of methoxy groups -OCH3 is 1. The number of hydrogen-bond acceptors (Lipinski definition) is 4. The van der Waals surface area contributed by atoms with Crippen molar-refractivity contribution in [3.8, 4) is 5.75 Å². The van der Waals surface area contributed by atoms with E-state index in [0.29, 0.717) is 5.75 Å². The highest BCUT2D eigenvalue weighted by atomic mass is 35.5. The Bertz CT molecular complexity index is 589. The van der Waals surface area contributed by atoms with Crippen molar-refractivity contribution in [3.63, 3.8) is 0 Å². The Hall–Kier alpha value is -1.47. The summed E-state index contributed by atoms with van der Waals surface area (Å²) in [6.07, 6.45) is 0. The van der Waals surface area contributed by atoms with Crippen LogP contribution in [0.5, 0.6) is 5.75 Å². The van der Waals surface area contributed by atoms with Gasteiger partial charge in [-0.2, -0.15) is 0 Å². The van der Waals surface area contributed by atoms with Crippen LogP contribution in [0.3, 0.4) is 0 Å². The molecule has 112 valence electrons. The van der Waals surface area contributed by atoms with Gasteiger partial charge in [0.25, 0.3) is 0 Å². The maximum absolute atomic E-state index is 12.0. The topological polar surface area (TPSA) is 98.5 Å². The lowest BCUT2D eigenvalue weighted by molar-refractivity contribution is 0.100. The van der Waals surface area contributed by atoms with Gasteiger partial charge in [-0.05, 0) is 24.1 Å². The van der Waals surface area contributed by atoms with Crippen molar-refractivity contribution in [2.45, 2.75) is 6.92 Å². The van der Waals surface area contributed by atoms with Gasteiger partial charge in [-0.1, -0.05) is 6.92 Å². The number of ether oxygens (including phenoxy) is 1. The zero-order chi connectivity index (χ0) is 15.3. The fraction of sp³-hybridized carbons (Fsp3) is 0.417. The van der Waals surface area contributed by atoms with E-state index < -0.39 is 15.9 Å². The summed E-state index contributed by atoms with van der Waals surface area (Å²) in [5.41, 5.74) is 5.53. The summed E-state index contributed by atoms with van der Waals surface area (Å²) in [6.45, 7) is 1.73. The number of nitrogens with one attached hydrogen (secondary N) is 1. The Morgan fingerprint density at radius 1 is 1.50 bits per heavy atom. The van der Waals surface area contributed by atoms with Crippen LogP contribution in [0.2, 0.25) is 0 Å². The highest BCUT2D eigenvalue weighted by Crippen LogP contribution is 2.26. The number of amides is 1. The van der Waals surface area contributed by atoms with E-state index in [1.165, 1.54) is 25.3 Å². The van der Waals surface area contributed by atoms with Crippen LogP contribution < -0.4 is 15.2 Å². The molecule has 0 aliphatic rings. The van der Waals surface area contributed by atoms with Gasteiger partial charge in [0.2, 0.25) is 15.9 Å². The van der Waals surface area contributed by atoms with Crippen LogP contribution in [-0.2, 0) is 10.0 Å². The number of rotatable bonds is 7. The summed E-state index contributed by atoms with van der Waals surface area (Å²) in [7, 11) is -2.19. The second kappa shape index (κ2) is 6.81. The number of carbonyl (C=O) groups is 1. The van der Waals surface area contributed by atoms with Gasteiger partial charge in [0, 0.05) is 11.4 Å². The lowest BCUT2D eigenvalue weighted by atomic mass is 10.2. The maximum Gasteiger partial charge on any atom is 0.248 e. The zero-order valence-corrected chi connectivity index (χ0v) is 12.8. The van der Waals surface area contributed by atoms with Crippen LogP contribution in [0.4, 0.5) is 5.69 Å². The van der Waals surface area contributed by atoms with Gasteiger partial charge in [-0.15, -0.1) is 11.6 Å². The molecule has 0 aromatic heterocycles. The highest BCUT2D eigenvalue weighted by Gasteiger charge is 2.18. The standard InChI is InChI=1S/C12H17ClN2O4S/c1-8(6-13)7-20(17,18)15-10-5-9(12(14)16)3-4-11(10)19-2/h3-5,8,15H,6-7H2,1-2H3,(H2,14,16). The minimum absolute atomic E-state index is 0.125. The molecular weight excluding hydrogens is 304 g/mol. The molecule has 0 aliphatic heterocycles. The molecule has 0 aliphatic carbocycles. The molecule has 6 nitrogen and oxygen atoms in total. The molecule has 0 heterocycles. The minimum atomic E-state index is -3.59. The van der Waals surface area contributed by atoms with Gasteiger partial charge in [0.15, 0.2) is 0 Å². The molecule has 1 aromatic carbocycles. The molecule has 1 unspecified atom stereocenters. The van der Waals surface area contributed by atoms with Crippen molar-refractivity contribution in [3.05, 3.63) is 23.8 Å². The Kier molecular flexibility index (Phi) is 5.64. The quantitative estimate of drug-likeness (QED) is 0.742. The summed E-state index contributed by atoms with van der Waals surface area (Å²) in [4.78, 5) is 11.1. The minimum Gasteiger partial charge on any atom is -0.495 e. The second-order valence-electron chi connectivity index (χ2n) is 4.42. The molecule has 0 saturated carbocycles. The van der Waals surface area contributed by atoms with Crippen LogP contribution in [-0.4, -0.2) is 33.1 Å². The van der Waals surface area contributed by atoms with Crippen molar-refractivity contribution < 1.29 is 17.9 Å². The summed E-state index contributed by atoms with van der Waals surface area (Å²) < 4.78 is 31.4. The Morgan fingerprint density at radius 2 is 2.15 bits per heavy atom. The van der Waals surface area contributed by atoms with Crippen molar-refractivity contribution in [2.24, 2.45) is 11.7 Å². The normalized spacial score (nSPS) is 12.8. The SMILES string of the molecule is COc1ccc(C(N)=O)cc1NS(=O)(=O)CC(C)CCl. The zero-order valence-electron chi connectivity index (χ0n) is 11.2. The number of sulfonamides is 1. The van der Waals surface area contributed by atoms with Gasteiger partial charge in [0.1, 0.15) is 5.75 Å². The number of carbonyl (C=O) groups excluding carboxylic acids is 1. The van der Waals surface area contributed by atoms with E-state index in [2.05, 4.69) is 4.72 Å². The van der Waals surface area contributed by atoms with E-state index in [1.807, 2.05) is 0 Å². The first kappa shape index (κ1) is 16.6. The Labute approximate surface area is 123 Å². The molecule has 0 bridgehead atoms. The lowest BCUT2D eigenvalue weighted by Gasteiger charge is -2.14. The molecule has 8 heteroatoms. The fourth-order valence-electron chi connectivity index (χ4n) is 1.57. The van der Waals surface area contributed by atoms with E-state index in [-0.39, 0.29) is 28.8 Å². The third kappa shape index (κ3) is 4.57. The van der Waals surface area contributed by atoms with E-state index in [1.54, 1.807) is 6.92 Å². The monoisotopic (exact) mass is 320 g/mol. The van der Waals surface area contributed by atoms with E-state index in [0.717, 1.165) is 0 Å². The molecule has 0 saturated heterocycles. The Morgan fingerprint density at radius 3 is 2.65 bits per heavy atom. The Balaban J connectivity index is 3.06. The number of primary amides is 1. The first-order chi connectivity index (χ1) is 9.29. The van der Waals surface area contributed by atoms with Crippen LogP contribution in [0, 0.1) is 5.92 Å². The smallest absolute Gasteiger partial charge is 0.248 e. The summed E-state index contributed by atoms with van der Waals surface area (Å²) in [5.74, 6) is -0.432. The van der Waals surface area contributed by atoms with Gasteiger partial charge >= 0.3 is 0 Å². The average Bonchev–Trinajstić information content (AvgIpc) is 2.37. The van der Waals surface area contributed by atoms with E-state index >= 15 is 0 Å².